The highest BCUT2D eigenvalue weighted by Crippen LogP contribution is 2.31. The second-order valence-electron chi connectivity index (χ2n) is 27.9. The minimum atomic E-state index is -3.77. The molecule has 4 saturated heterocycles. The highest BCUT2D eigenvalue weighted by atomic mass is 35.5. The highest BCUT2D eigenvalue weighted by molar-refractivity contribution is 7.89. The van der Waals surface area contributed by atoms with Crippen molar-refractivity contribution in [1.82, 2.24) is 60.8 Å². The highest BCUT2D eigenvalue weighted by Gasteiger charge is 2.46. The van der Waals surface area contributed by atoms with E-state index in [0.29, 0.717) is 97.2 Å². The molecule has 0 spiro atoms. The summed E-state index contributed by atoms with van der Waals surface area (Å²) in [6.45, 7) is 7.89. The molecule has 6 heterocycles. The first-order valence-electron chi connectivity index (χ1n) is 36.1. The molecule has 31 heteroatoms. The number of hydrogen-bond donors (Lipinski definition) is 6. The van der Waals surface area contributed by atoms with Crippen molar-refractivity contribution in [1.29, 1.82) is 0 Å². The minimum absolute atomic E-state index is 0.0613. The Kier molecular flexibility index (Phi) is 30.4. The number of Topliss-reactive ketones (excluding diaryl/α,β-unsaturated/α-hetero) is 2. The van der Waals surface area contributed by atoms with Crippen LogP contribution in [-0.2, 0) is 74.8 Å². The Hall–Kier alpha value is -6.80. The smallest absolute Gasteiger partial charge is 0.243 e. The molecule has 27 nitrogen and oxygen atoms in total. The summed E-state index contributed by atoms with van der Waals surface area (Å²) >= 11 is 12.1. The fourth-order valence-electron chi connectivity index (χ4n) is 14.1. The molecule has 0 unspecified atom stereocenters. The van der Waals surface area contributed by atoms with E-state index >= 15 is 0 Å². The molecule has 2 aromatic heterocycles. The Labute approximate surface area is 614 Å². The lowest BCUT2D eigenvalue weighted by molar-refractivity contribution is -0.140. The molecule has 103 heavy (non-hydrogen) atoms. The monoisotopic (exact) mass is 1510 g/mol. The summed E-state index contributed by atoms with van der Waals surface area (Å²) in [4.78, 5) is 95.4. The van der Waals surface area contributed by atoms with Gasteiger partial charge in [-0.05, 0) is 174 Å². The number of nitrogens with zero attached hydrogens (tertiary/aromatic N) is 6. The van der Waals surface area contributed by atoms with Crippen molar-refractivity contribution < 1.29 is 68.9 Å². The normalized spacial score (nSPS) is 20.4. The number of carbonyl (C=O) groups excluding carboxylic acids is 6. The average Bonchev–Trinajstić information content (AvgIpc) is 1.68. The molecule has 4 amide bonds. The maximum absolute atomic E-state index is 14.3. The summed E-state index contributed by atoms with van der Waals surface area (Å²) in [6.07, 6.45) is 14.2. The van der Waals surface area contributed by atoms with Crippen LogP contribution < -0.4 is 35.4 Å². The second-order valence-corrected chi connectivity index (χ2v) is 32.3. The first kappa shape index (κ1) is 80.3. The number of sulfonamides is 2. The number of benzene rings is 3. The zero-order valence-corrected chi connectivity index (χ0v) is 62.6. The van der Waals surface area contributed by atoms with Gasteiger partial charge in [-0.1, -0.05) is 109 Å². The third-order valence-corrected chi connectivity index (χ3v) is 21.6. The molecule has 5 aromatic rings. The van der Waals surface area contributed by atoms with Gasteiger partial charge in [-0.2, -0.15) is 9.97 Å². The van der Waals surface area contributed by atoms with Gasteiger partial charge in [-0.25, -0.2) is 26.3 Å². The molecule has 1 saturated carbocycles. The van der Waals surface area contributed by atoms with E-state index in [-0.39, 0.29) is 63.1 Å². The number of nitrogens with one attached hydrogen (secondary N) is 6. The van der Waals surface area contributed by atoms with E-state index in [9.17, 15) is 45.6 Å². The standard InChI is InChI=1S/C37H49ClN6O8S.C35H51ClN6O7S/c1-4-5-30(34(45)35-41-33(52-42-35)20-25-8-13-28(50-2)14-9-25)40-36(46)32-21-29(51-23-26-6-11-27(38)12-7-26)22-44(32)37(47)31(43-53(3,48)49)15-10-24-16-18-39-19-17-24;1-3-6-28(32(43)33-39-31(49-40-33)19-24-7-4-5-8-24)38-34(44)30-20-27(48-22-25-9-12-26(36)13-10-25)21-42(30)35(45)29(41-50(2,46)47)14-11-23-15-17-37-18-16-23/h6-9,11-14,24,29-32,39,43H,4-5,10,15-23H2,1-3H3,(H,40,46);9-10,12-13,23-24,27-30,37,41H,3-8,11,14-22H2,1-2H3,(H,38,44)/t29-,30+,31-,32+;27-,28+,29-,30+/m11/s1. The molecule has 1 aliphatic carbocycles. The first-order chi connectivity index (χ1) is 49.4. The van der Waals surface area contributed by atoms with Crippen LogP contribution in [-0.4, -0.2) is 189 Å². The Bertz CT molecular complexity index is 3820. The van der Waals surface area contributed by atoms with Gasteiger partial charge in [0.05, 0.1) is 63.5 Å². The van der Waals surface area contributed by atoms with E-state index in [1.165, 1.54) is 22.6 Å². The fourth-order valence-corrected chi connectivity index (χ4v) is 15.9. The van der Waals surface area contributed by atoms with Crippen molar-refractivity contribution in [2.45, 2.75) is 204 Å². The van der Waals surface area contributed by atoms with Gasteiger partial charge in [0, 0.05) is 42.4 Å². The van der Waals surface area contributed by atoms with Crippen LogP contribution in [0.3, 0.4) is 0 Å². The molecule has 564 valence electrons. The zero-order valence-electron chi connectivity index (χ0n) is 59.5. The molecule has 5 fully saturated rings. The number of halogens is 2. The van der Waals surface area contributed by atoms with Crippen molar-refractivity contribution in [3.05, 3.63) is 123 Å². The Morgan fingerprint density at radius 1 is 0.553 bits per heavy atom. The third kappa shape index (κ3) is 24.9. The van der Waals surface area contributed by atoms with Crippen LogP contribution in [0.1, 0.15) is 179 Å². The number of carbonyl (C=O) groups is 6. The predicted octanol–water partition coefficient (Wildman–Crippen LogP) is 7.48. The maximum atomic E-state index is 14.3. The molecular weight excluding hydrogens is 1410 g/mol. The van der Waals surface area contributed by atoms with Gasteiger partial charge in [0.2, 0.25) is 78.7 Å². The van der Waals surface area contributed by atoms with E-state index < -0.39 is 104 Å². The number of methoxy groups -OCH3 is 1. The molecule has 10 rings (SSSR count). The number of likely N-dealkylation sites (tertiary alicyclic amines) is 2. The summed E-state index contributed by atoms with van der Waals surface area (Å²) in [5.74, 6) is -0.739. The van der Waals surface area contributed by atoms with Crippen LogP contribution in [0.25, 0.3) is 0 Å². The Morgan fingerprint density at radius 2 is 0.961 bits per heavy atom. The van der Waals surface area contributed by atoms with Gasteiger partial charge in [-0.15, -0.1) is 0 Å². The van der Waals surface area contributed by atoms with Crippen LogP contribution in [0.2, 0.25) is 10.0 Å². The van der Waals surface area contributed by atoms with Crippen molar-refractivity contribution in [3.63, 3.8) is 0 Å². The summed E-state index contributed by atoms with van der Waals surface area (Å²) in [5, 5.41) is 21.4. The molecule has 8 atom stereocenters. The van der Waals surface area contributed by atoms with E-state index in [4.69, 9.17) is 46.5 Å². The summed E-state index contributed by atoms with van der Waals surface area (Å²) in [6, 6.07) is 15.7. The van der Waals surface area contributed by atoms with E-state index in [2.05, 4.69) is 51.0 Å². The molecule has 3 aromatic carbocycles. The van der Waals surface area contributed by atoms with Gasteiger partial charge in [0.15, 0.2) is 0 Å². The van der Waals surface area contributed by atoms with Gasteiger partial charge < -0.3 is 54.3 Å². The molecule has 4 aliphatic heterocycles. The van der Waals surface area contributed by atoms with Gasteiger partial charge >= 0.3 is 0 Å². The molecule has 6 N–H and O–H groups in total. The molecular formula is C72H100Cl2N12O15S2. The molecule has 0 bridgehead atoms. The quantitative estimate of drug-likeness (QED) is 0.0214. The molecule has 5 aliphatic rings. The number of piperidine rings is 2. The topological polar surface area (TPSA) is 355 Å². The van der Waals surface area contributed by atoms with Gasteiger partial charge in [-0.3, -0.25) is 28.8 Å². The third-order valence-electron chi connectivity index (χ3n) is 19.7. The van der Waals surface area contributed by atoms with Crippen molar-refractivity contribution in [2.75, 3.05) is 58.9 Å². The summed E-state index contributed by atoms with van der Waals surface area (Å²) in [5.41, 5.74) is 2.61. The lowest BCUT2D eigenvalue weighted by atomic mass is 9.91. The second kappa shape index (κ2) is 39.0. The predicted molar refractivity (Wildman–Crippen MR) is 386 cm³/mol. The van der Waals surface area contributed by atoms with Gasteiger partial charge in [0.1, 0.15) is 29.9 Å². The zero-order chi connectivity index (χ0) is 73.6. The lowest BCUT2D eigenvalue weighted by Gasteiger charge is -2.30. The number of ether oxygens (including phenoxy) is 3. The first-order valence-corrected chi connectivity index (χ1v) is 40.6. The molecule has 0 radical (unpaired) electrons. The van der Waals surface area contributed by atoms with Crippen molar-refractivity contribution >= 4 is 78.4 Å². The van der Waals surface area contributed by atoms with Crippen LogP contribution in [0.5, 0.6) is 5.75 Å². The van der Waals surface area contributed by atoms with Gasteiger partial charge in [0.25, 0.3) is 0 Å². The number of ketones is 2. The largest absolute Gasteiger partial charge is 0.497 e. The minimum Gasteiger partial charge on any atom is -0.497 e. The number of rotatable bonds is 35. The van der Waals surface area contributed by atoms with Crippen LogP contribution in [0.4, 0.5) is 0 Å². The average molecular weight is 1510 g/mol. The summed E-state index contributed by atoms with van der Waals surface area (Å²) in [7, 11) is -5.93. The lowest BCUT2D eigenvalue weighted by Crippen LogP contribution is -2.55. The number of aromatic nitrogens is 4. The Balaban J connectivity index is 0.000000240. The van der Waals surface area contributed by atoms with E-state index in [1.807, 2.05) is 62.4 Å². The van der Waals surface area contributed by atoms with E-state index in [0.717, 1.165) is 93.9 Å². The van der Waals surface area contributed by atoms with Crippen LogP contribution >= 0.6 is 23.2 Å². The Morgan fingerprint density at radius 3 is 1.37 bits per heavy atom. The maximum Gasteiger partial charge on any atom is 0.243 e. The number of amides is 4. The van der Waals surface area contributed by atoms with Crippen molar-refractivity contribution in [3.8, 4) is 5.75 Å². The fraction of sp³-hybridized carbons (Fsp3) is 0.611. The van der Waals surface area contributed by atoms with Crippen LogP contribution in [0.15, 0.2) is 81.8 Å². The number of hydrogen-bond acceptors (Lipinski definition) is 21. The summed E-state index contributed by atoms with van der Waals surface area (Å²) < 4.78 is 83.3. The SMILES string of the molecule is CCC[C@H](NC(=O)[C@@H]1C[C@@H](OCc2ccc(Cl)cc2)CN1C(=O)[C@@H](CCC1CCNCC1)NS(C)(=O)=O)C(=O)c1noc(CC2CCCC2)n1.CCC[C@H](NC(=O)[C@@H]1C[C@@H](OCc2ccc(Cl)cc2)CN1C(=O)[C@@H](CCC1CCNCC1)NS(C)(=O)=O)C(=O)c1noc(Cc2ccc(OC)cc2)n1. The van der Waals surface area contributed by atoms with Crippen LogP contribution in [0, 0.1) is 17.8 Å². The van der Waals surface area contributed by atoms with E-state index in [1.54, 1.807) is 31.4 Å². The van der Waals surface area contributed by atoms with Crippen molar-refractivity contribution in [2.24, 2.45) is 17.8 Å².